The van der Waals surface area contributed by atoms with E-state index in [0.29, 0.717) is 24.6 Å². The Balaban J connectivity index is 1.49. The van der Waals surface area contributed by atoms with Crippen molar-refractivity contribution in [1.29, 1.82) is 0 Å². The molecule has 6 nitrogen and oxygen atoms in total. The number of ether oxygens (including phenoxy) is 1. The van der Waals surface area contributed by atoms with Gasteiger partial charge in [0.2, 0.25) is 5.91 Å². The quantitative estimate of drug-likeness (QED) is 0.817. The number of hydrogen-bond donors (Lipinski definition) is 0. The van der Waals surface area contributed by atoms with Crippen LogP contribution in [0.4, 0.5) is 0 Å². The number of aromatic nitrogens is 1. The van der Waals surface area contributed by atoms with Gasteiger partial charge in [0.05, 0.1) is 17.7 Å². The van der Waals surface area contributed by atoms with Gasteiger partial charge in [-0.1, -0.05) is 0 Å². The van der Waals surface area contributed by atoms with Gasteiger partial charge in [-0.3, -0.25) is 14.6 Å². The van der Waals surface area contributed by atoms with Crippen molar-refractivity contribution in [3.63, 3.8) is 0 Å². The molecule has 0 spiro atoms. The van der Waals surface area contributed by atoms with Gasteiger partial charge in [0, 0.05) is 32.0 Å². The summed E-state index contributed by atoms with van der Waals surface area (Å²) in [4.78, 5) is 32.4. The van der Waals surface area contributed by atoms with Crippen molar-refractivity contribution in [2.75, 3.05) is 26.2 Å². The summed E-state index contributed by atoms with van der Waals surface area (Å²) < 4.78 is 5.66. The largest absolute Gasteiger partial charge is 0.364 e. The topological polar surface area (TPSA) is 62.7 Å². The zero-order valence-corrected chi connectivity index (χ0v) is 12.4. The average Bonchev–Trinajstić information content (AvgIpc) is 3.26. The third-order valence-corrected chi connectivity index (χ3v) is 4.73. The number of rotatable bonds is 3. The standard InChI is InChI=1S/C16H19N3O3/c20-15-10-22-14-9-18(16(21)12-2-1-5-17-6-12)8-13(14)19(15)7-11-3-4-11/h1-2,5-6,11,13-14H,3-4,7-10H2/t13-,14-/m1/s1. The predicted octanol–water partition coefficient (Wildman–Crippen LogP) is 0.543. The van der Waals surface area contributed by atoms with E-state index in [1.807, 2.05) is 4.90 Å². The Morgan fingerprint density at radius 2 is 2.23 bits per heavy atom. The molecule has 22 heavy (non-hydrogen) atoms. The monoisotopic (exact) mass is 301 g/mol. The minimum Gasteiger partial charge on any atom is -0.364 e. The van der Waals surface area contributed by atoms with Crippen molar-refractivity contribution in [1.82, 2.24) is 14.8 Å². The zero-order chi connectivity index (χ0) is 15.1. The van der Waals surface area contributed by atoms with Crippen LogP contribution in [0.25, 0.3) is 0 Å². The highest BCUT2D eigenvalue weighted by Gasteiger charge is 2.45. The number of nitrogens with zero attached hydrogens (tertiary/aromatic N) is 3. The lowest BCUT2D eigenvalue weighted by molar-refractivity contribution is -0.153. The first-order valence-corrected chi connectivity index (χ1v) is 7.83. The second kappa shape index (κ2) is 5.35. The van der Waals surface area contributed by atoms with Crippen LogP contribution in [-0.4, -0.2) is 65.0 Å². The fraction of sp³-hybridized carbons (Fsp3) is 0.562. The molecular formula is C16H19N3O3. The lowest BCUT2D eigenvalue weighted by Gasteiger charge is -2.36. The van der Waals surface area contributed by atoms with Gasteiger partial charge in [0.25, 0.3) is 5.91 Å². The first kappa shape index (κ1) is 13.7. The van der Waals surface area contributed by atoms with Gasteiger partial charge >= 0.3 is 0 Å². The fourth-order valence-electron chi connectivity index (χ4n) is 3.32. The lowest BCUT2D eigenvalue weighted by atomic mass is 10.1. The maximum atomic E-state index is 12.5. The van der Waals surface area contributed by atoms with Crippen LogP contribution < -0.4 is 0 Å². The van der Waals surface area contributed by atoms with Crippen LogP contribution in [0.1, 0.15) is 23.2 Å². The molecule has 1 saturated carbocycles. The molecule has 4 rings (SSSR count). The molecule has 6 heteroatoms. The molecule has 2 aliphatic heterocycles. The zero-order valence-electron chi connectivity index (χ0n) is 12.4. The van der Waals surface area contributed by atoms with Crippen molar-refractivity contribution in [3.05, 3.63) is 30.1 Å². The van der Waals surface area contributed by atoms with Crippen LogP contribution in [0.2, 0.25) is 0 Å². The minimum absolute atomic E-state index is 0.00229. The fourth-order valence-corrected chi connectivity index (χ4v) is 3.32. The van der Waals surface area contributed by atoms with Gasteiger partial charge in [-0.2, -0.15) is 0 Å². The molecule has 2 saturated heterocycles. The minimum atomic E-state index is -0.0583. The molecule has 2 amide bonds. The van der Waals surface area contributed by atoms with E-state index in [1.54, 1.807) is 29.4 Å². The Hall–Kier alpha value is -1.95. The Bertz CT molecular complexity index is 588. The highest BCUT2D eigenvalue weighted by atomic mass is 16.5. The van der Waals surface area contributed by atoms with E-state index >= 15 is 0 Å². The second-order valence-electron chi connectivity index (χ2n) is 6.36. The van der Waals surface area contributed by atoms with E-state index in [4.69, 9.17) is 4.74 Å². The second-order valence-corrected chi connectivity index (χ2v) is 6.36. The third-order valence-electron chi connectivity index (χ3n) is 4.73. The molecule has 0 radical (unpaired) electrons. The molecule has 0 unspecified atom stereocenters. The molecule has 116 valence electrons. The molecule has 0 N–H and O–H groups in total. The SMILES string of the molecule is O=C(c1cccnc1)N1C[C@@H]2[C@@H](C1)OCC(=O)N2CC1CC1. The van der Waals surface area contributed by atoms with Crippen LogP contribution in [0.5, 0.6) is 0 Å². The predicted molar refractivity (Wildman–Crippen MR) is 78.1 cm³/mol. The van der Waals surface area contributed by atoms with Gasteiger partial charge in [-0.25, -0.2) is 0 Å². The summed E-state index contributed by atoms with van der Waals surface area (Å²) in [5.74, 6) is 0.666. The maximum Gasteiger partial charge on any atom is 0.255 e. The smallest absolute Gasteiger partial charge is 0.255 e. The molecule has 0 aromatic carbocycles. The van der Waals surface area contributed by atoms with Gasteiger partial charge in [-0.05, 0) is 30.9 Å². The van der Waals surface area contributed by atoms with Crippen LogP contribution in [-0.2, 0) is 9.53 Å². The molecule has 3 aliphatic rings. The van der Waals surface area contributed by atoms with Gasteiger partial charge in [0.1, 0.15) is 6.61 Å². The lowest BCUT2D eigenvalue weighted by Crippen LogP contribution is -2.54. The number of carbonyl (C=O) groups is 2. The van der Waals surface area contributed by atoms with Crippen LogP contribution in [0.3, 0.4) is 0 Å². The Morgan fingerprint density at radius 3 is 2.95 bits per heavy atom. The van der Waals surface area contributed by atoms with E-state index in [2.05, 4.69) is 4.98 Å². The average molecular weight is 301 g/mol. The van der Waals surface area contributed by atoms with Gasteiger partial charge in [0.15, 0.2) is 0 Å². The number of hydrogen-bond acceptors (Lipinski definition) is 4. The molecule has 1 aromatic heterocycles. The summed E-state index contributed by atoms with van der Waals surface area (Å²) in [6.07, 6.45) is 5.59. The number of likely N-dealkylation sites (tertiary alicyclic amines) is 1. The molecule has 1 aliphatic carbocycles. The van der Waals surface area contributed by atoms with E-state index in [1.165, 1.54) is 12.8 Å². The summed E-state index contributed by atoms with van der Waals surface area (Å²) in [6.45, 7) is 2.06. The molecule has 0 bridgehead atoms. The molecule has 3 fully saturated rings. The maximum absolute atomic E-state index is 12.5. The number of fused-ring (bicyclic) bond motifs is 1. The normalized spacial score (nSPS) is 27.9. The summed E-state index contributed by atoms with van der Waals surface area (Å²) in [7, 11) is 0. The van der Waals surface area contributed by atoms with Crippen molar-refractivity contribution >= 4 is 11.8 Å². The number of amides is 2. The third kappa shape index (κ3) is 2.47. The summed E-state index contributed by atoms with van der Waals surface area (Å²) in [5.41, 5.74) is 0.584. The van der Waals surface area contributed by atoms with Crippen molar-refractivity contribution in [2.24, 2.45) is 5.92 Å². The molecular weight excluding hydrogens is 282 g/mol. The van der Waals surface area contributed by atoms with E-state index in [0.717, 1.165) is 6.54 Å². The van der Waals surface area contributed by atoms with E-state index < -0.39 is 0 Å². The number of carbonyl (C=O) groups excluding carboxylic acids is 2. The van der Waals surface area contributed by atoms with Crippen molar-refractivity contribution in [3.8, 4) is 0 Å². The molecule has 3 heterocycles. The van der Waals surface area contributed by atoms with E-state index in [-0.39, 0.29) is 30.6 Å². The Kier molecular flexibility index (Phi) is 3.33. The highest BCUT2D eigenvalue weighted by molar-refractivity contribution is 5.94. The van der Waals surface area contributed by atoms with Crippen LogP contribution >= 0.6 is 0 Å². The van der Waals surface area contributed by atoms with E-state index in [9.17, 15) is 9.59 Å². The highest BCUT2D eigenvalue weighted by Crippen LogP contribution is 2.33. The molecule has 2 atom stereocenters. The van der Waals surface area contributed by atoms with Crippen molar-refractivity contribution < 1.29 is 14.3 Å². The molecule has 1 aromatic rings. The Labute approximate surface area is 129 Å². The summed E-state index contributed by atoms with van der Waals surface area (Å²) in [6, 6.07) is 3.53. The van der Waals surface area contributed by atoms with Crippen molar-refractivity contribution in [2.45, 2.75) is 25.0 Å². The first-order chi connectivity index (χ1) is 10.7. The van der Waals surface area contributed by atoms with Crippen LogP contribution in [0, 0.1) is 5.92 Å². The Morgan fingerprint density at radius 1 is 1.36 bits per heavy atom. The summed E-state index contributed by atoms with van der Waals surface area (Å²) in [5, 5.41) is 0. The van der Waals surface area contributed by atoms with Crippen LogP contribution in [0.15, 0.2) is 24.5 Å². The number of morpholine rings is 1. The number of pyridine rings is 1. The van der Waals surface area contributed by atoms with Gasteiger partial charge in [-0.15, -0.1) is 0 Å². The first-order valence-electron chi connectivity index (χ1n) is 7.83. The summed E-state index contributed by atoms with van der Waals surface area (Å²) >= 11 is 0. The van der Waals surface area contributed by atoms with Gasteiger partial charge < -0.3 is 14.5 Å².